The lowest BCUT2D eigenvalue weighted by Gasteiger charge is -2.03. The zero-order valence-corrected chi connectivity index (χ0v) is 6.66. The van der Waals surface area contributed by atoms with Crippen LogP contribution < -0.4 is 0 Å². The van der Waals surface area contributed by atoms with Crippen LogP contribution in [0.5, 0.6) is 0 Å². The molecule has 1 nitrogen and oxygen atoms in total. The van der Waals surface area contributed by atoms with E-state index in [2.05, 4.69) is 0 Å². The first-order chi connectivity index (χ1) is 4.56. The van der Waals surface area contributed by atoms with Gasteiger partial charge in [-0.2, -0.15) is 13.2 Å². The first kappa shape index (κ1) is 9.97. The van der Waals surface area contributed by atoms with Crippen LogP contribution >= 0.6 is 0 Å². The Balaban J connectivity index is 3.04. The fourth-order valence-electron chi connectivity index (χ4n) is 0.367. The fourth-order valence-corrected chi connectivity index (χ4v) is 1.10. The van der Waals surface area contributed by atoms with Crippen LogP contribution in [0.4, 0.5) is 13.2 Å². The SMILES string of the molecule is CCO[Si]CCC(F)(F)F. The molecular formula is C5H9F3OSi. The quantitative estimate of drug-likeness (QED) is 0.463. The minimum Gasteiger partial charge on any atom is -0.418 e. The first-order valence-electron chi connectivity index (χ1n) is 2.97. The Labute approximate surface area is 60.5 Å². The van der Waals surface area contributed by atoms with Crippen molar-refractivity contribution in [2.75, 3.05) is 6.61 Å². The van der Waals surface area contributed by atoms with E-state index >= 15 is 0 Å². The second kappa shape index (κ2) is 4.73. The summed E-state index contributed by atoms with van der Waals surface area (Å²) in [6, 6.07) is 0.0946. The van der Waals surface area contributed by atoms with Crippen molar-refractivity contribution in [2.45, 2.75) is 25.6 Å². The van der Waals surface area contributed by atoms with E-state index in [0.717, 1.165) is 0 Å². The van der Waals surface area contributed by atoms with Crippen molar-refractivity contribution in [1.82, 2.24) is 0 Å². The van der Waals surface area contributed by atoms with Crippen LogP contribution in [0.3, 0.4) is 0 Å². The van der Waals surface area contributed by atoms with Crippen molar-refractivity contribution in [3.05, 3.63) is 0 Å². The molecule has 0 fully saturated rings. The maximum atomic E-state index is 11.4. The lowest BCUT2D eigenvalue weighted by atomic mass is 10.5. The van der Waals surface area contributed by atoms with E-state index in [-0.39, 0.29) is 15.8 Å². The molecule has 0 N–H and O–H groups in total. The van der Waals surface area contributed by atoms with Crippen molar-refractivity contribution in [2.24, 2.45) is 0 Å². The lowest BCUT2D eigenvalue weighted by molar-refractivity contribution is -0.130. The molecule has 0 aromatic carbocycles. The third-order valence-electron chi connectivity index (χ3n) is 0.757. The Hall–Kier alpha value is -0.0331. The summed E-state index contributed by atoms with van der Waals surface area (Å²) in [4.78, 5) is 0. The highest BCUT2D eigenvalue weighted by molar-refractivity contribution is 6.26. The van der Waals surface area contributed by atoms with Gasteiger partial charge < -0.3 is 4.43 Å². The van der Waals surface area contributed by atoms with E-state index in [1.807, 2.05) is 0 Å². The van der Waals surface area contributed by atoms with Crippen molar-refractivity contribution < 1.29 is 17.6 Å². The second-order valence-electron chi connectivity index (χ2n) is 1.69. The smallest absolute Gasteiger partial charge is 0.388 e. The third kappa shape index (κ3) is 7.97. The highest BCUT2D eigenvalue weighted by Gasteiger charge is 2.26. The van der Waals surface area contributed by atoms with E-state index in [9.17, 15) is 13.2 Å². The predicted octanol–water partition coefficient (Wildman–Crippen LogP) is 2.01. The fraction of sp³-hybridized carbons (Fsp3) is 1.00. The topological polar surface area (TPSA) is 9.23 Å². The first-order valence-corrected chi connectivity index (χ1v) is 4.09. The molecule has 0 rings (SSSR count). The zero-order chi connectivity index (χ0) is 8.04. The van der Waals surface area contributed by atoms with Gasteiger partial charge in [0, 0.05) is 13.0 Å². The lowest BCUT2D eigenvalue weighted by Crippen LogP contribution is -2.09. The van der Waals surface area contributed by atoms with Crippen LogP contribution in [0.2, 0.25) is 6.04 Å². The highest BCUT2D eigenvalue weighted by Crippen LogP contribution is 2.20. The molecule has 60 valence electrons. The molecule has 0 aromatic heterocycles. The molecule has 0 aromatic rings. The maximum Gasteiger partial charge on any atom is 0.388 e. The molecule has 0 saturated heterocycles. The van der Waals surface area contributed by atoms with Gasteiger partial charge in [-0.15, -0.1) is 0 Å². The molecule has 0 amide bonds. The summed E-state index contributed by atoms with van der Waals surface area (Å²) in [7, 11) is -0.0142. The molecule has 10 heavy (non-hydrogen) atoms. The summed E-state index contributed by atoms with van der Waals surface area (Å²) >= 11 is 0. The molecule has 0 heterocycles. The number of hydrogen-bond acceptors (Lipinski definition) is 1. The van der Waals surface area contributed by atoms with Crippen LogP contribution in [-0.4, -0.2) is 22.5 Å². The van der Waals surface area contributed by atoms with Gasteiger partial charge in [0.05, 0.1) is 0 Å². The summed E-state index contributed by atoms with van der Waals surface area (Å²) in [5.41, 5.74) is 0. The van der Waals surface area contributed by atoms with Crippen LogP contribution in [0, 0.1) is 0 Å². The summed E-state index contributed by atoms with van der Waals surface area (Å²) in [5.74, 6) is 0. The predicted molar refractivity (Wildman–Crippen MR) is 32.9 cm³/mol. The van der Waals surface area contributed by atoms with Crippen LogP contribution in [0.25, 0.3) is 0 Å². The van der Waals surface area contributed by atoms with Crippen LogP contribution in [0.1, 0.15) is 13.3 Å². The minimum absolute atomic E-state index is 0.0142. The van der Waals surface area contributed by atoms with E-state index < -0.39 is 12.6 Å². The van der Waals surface area contributed by atoms with Gasteiger partial charge in [-0.25, -0.2) is 0 Å². The maximum absolute atomic E-state index is 11.4. The Bertz CT molecular complexity index is 83.5. The standard InChI is InChI=1S/C5H9F3OSi/c1-2-9-10-4-3-5(6,7)8/h2-4H2,1H3. The Morgan fingerprint density at radius 2 is 2.00 bits per heavy atom. The summed E-state index contributed by atoms with van der Waals surface area (Å²) < 4.78 is 39.1. The normalized spacial score (nSPS) is 12.0. The average molecular weight is 170 g/mol. The zero-order valence-electron chi connectivity index (χ0n) is 5.66. The molecule has 0 spiro atoms. The number of halogens is 3. The third-order valence-corrected chi connectivity index (χ3v) is 1.70. The molecule has 0 aliphatic carbocycles. The van der Waals surface area contributed by atoms with E-state index in [1.54, 1.807) is 6.92 Å². The van der Waals surface area contributed by atoms with Gasteiger partial charge in [-0.05, 0) is 13.0 Å². The van der Waals surface area contributed by atoms with Crippen molar-refractivity contribution >= 4 is 9.76 Å². The Kier molecular flexibility index (Phi) is 4.72. The molecule has 0 atom stereocenters. The van der Waals surface area contributed by atoms with Gasteiger partial charge in [-0.3, -0.25) is 0 Å². The van der Waals surface area contributed by atoms with E-state index in [4.69, 9.17) is 4.43 Å². The van der Waals surface area contributed by atoms with E-state index in [1.165, 1.54) is 0 Å². The van der Waals surface area contributed by atoms with Crippen molar-refractivity contribution in [1.29, 1.82) is 0 Å². The molecule has 0 aliphatic heterocycles. The van der Waals surface area contributed by atoms with Gasteiger partial charge >= 0.3 is 6.18 Å². The molecule has 0 bridgehead atoms. The van der Waals surface area contributed by atoms with Gasteiger partial charge in [0.1, 0.15) is 0 Å². The molecule has 5 heteroatoms. The largest absolute Gasteiger partial charge is 0.418 e. The van der Waals surface area contributed by atoms with Gasteiger partial charge in [0.2, 0.25) is 9.76 Å². The van der Waals surface area contributed by atoms with Crippen molar-refractivity contribution in [3.8, 4) is 0 Å². The summed E-state index contributed by atoms with van der Waals surface area (Å²) in [6.45, 7) is 2.26. The van der Waals surface area contributed by atoms with Gasteiger partial charge in [0.15, 0.2) is 0 Å². The molecule has 0 unspecified atom stereocenters. The molecule has 0 aliphatic rings. The summed E-state index contributed by atoms with van der Waals surface area (Å²) in [6.07, 6.45) is -4.75. The number of alkyl halides is 3. The average Bonchev–Trinajstić information content (AvgIpc) is 1.78. The summed E-state index contributed by atoms with van der Waals surface area (Å²) in [5, 5.41) is 0. The minimum atomic E-state index is -4.02. The molecule has 0 saturated carbocycles. The molecule has 2 radical (unpaired) electrons. The second-order valence-corrected chi connectivity index (χ2v) is 2.77. The van der Waals surface area contributed by atoms with Crippen molar-refractivity contribution in [3.63, 3.8) is 0 Å². The van der Waals surface area contributed by atoms with Gasteiger partial charge in [-0.1, -0.05) is 0 Å². The highest BCUT2D eigenvalue weighted by atomic mass is 28.2. The van der Waals surface area contributed by atoms with Crippen LogP contribution in [0.15, 0.2) is 0 Å². The van der Waals surface area contributed by atoms with E-state index in [0.29, 0.717) is 6.61 Å². The van der Waals surface area contributed by atoms with Crippen LogP contribution in [-0.2, 0) is 4.43 Å². The Morgan fingerprint density at radius 3 is 2.40 bits per heavy atom. The number of hydrogen-bond donors (Lipinski definition) is 0. The Morgan fingerprint density at radius 1 is 1.40 bits per heavy atom. The monoisotopic (exact) mass is 170 g/mol. The number of rotatable bonds is 4. The molecular weight excluding hydrogens is 161 g/mol. The van der Waals surface area contributed by atoms with Gasteiger partial charge in [0.25, 0.3) is 0 Å².